The Morgan fingerprint density at radius 2 is 2.50 bits per heavy atom. The number of alkyl halides is 1. The van der Waals surface area contributed by atoms with Gasteiger partial charge in [-0.2, -0.15) is 0 Å². The summed E-state index contributed by atoms with van der Waals surface area (Å²) in [5.41, 5.74) is 6.07. The topological polar surface area (TPSA) is 52.3 Å². The first-order chi connectivity index (χ1) is 5.69. The molecule has 0 aromatic carbocycles. The Hall–Kier alpha value is -0.550. The van der Waals surface area contributed by atoms with E-state index < -0.39 is 0 Å². The van der Waals surface area contributed by atoms with Crippen LogP contribution < -0.4 is 5.73 Å². The van der Waals surface area contributed by atoms with E-state index in [1.54, 1.807) is 6.07 Å². The van der Waals surface area contributed by atoms with Gasteiger partial charge in [0.25, 0.3) is 0 Å². The van der Waals surface area contributed by atoms with Crippen LogP contribution in [-0.2, 0) is 10.1 Å². The van der Waals surface area contributed by atoms with Crippen LogP contribution >= 0.6 is 27.3 Å². The van der Waals surface area contributed by atoms with Crippen LogP contribution in [-0.4, -0.2) is 13.1 Å². The number of ether oxygens (including phenoxy) is 1. The van der Waals surface area contributed by atoms with Gasteiger partial charge in [-0.3, -0.25) is 0 Å². The third kappa shape index (κ3) is 1.78. The molecule has 0 amide bonds. The van der Waals surface area contributed by atoms with Gasteiger partial charge in [-0.05, 0) is 6.07 Å². The zero-order valence-corrected chi connectivity index (χ0v) is 8.87. The monoisotopic (exact) mass is 249 g/mol. The zero-order valence-electron chi connectivity index (χ0n) is 6.46. The van der Waals surface area contributed by atoms with E-state index in [4.69, 9.17) is 5.73 Å². The molecule has 0 saturated carbocycles. The van der Waals surface area contributed by atoms with E-state index in [2.05, 4.69) is 20.7 Å². The number of thiophene rings is 1. The van der Waals surface area contributed by atoms with Gasteiger partial charge in [-0.1, -0.05) is 15.9 Å². The van der Waals surface area contributed by atoms with Gasteiger partial charge < -0.3 is 10.5 Å². The molecule has 3 nitrogen and oxygen atoms in total. The molecule has 0 radical (unpaired) electrons. The van der Waals surface area contributed by atoms with Crippen molar-refractivity contribution in [1.82, 2.24) is 0 Å². The lowest BCUT2D eigenvalue weighted by atomic mass is 10.4. The van der Waals surface area contributed by atoms with Crippen LogP contribution in [0.25, 0.3) is 0 Å². The van der Waals surface area contributed by atoms with Crippen LogP contribution in [0.3, 0.4) is 0 Å². The molecule has 0 aliphatic rings. The minimum Gasteiger partial charge on any atom is -0.465 e. The number of carbonyl (C=O) groups excluding carboxylic acids is 1. The zero-order chi connectivity index (χ0) is 9.14. The smallest absolute Gasteiger partial charge is 0.350 e. The van der Waals surface area contributed by atoms with Crippen molar-refractivity contribution in [2.45, 2.75) is 5.33 Å². The number of methoxy groups -OCH3 is 1. The molecule has 0 saturated heterocycles. The minimum atomic E-state index is -0.371. The molecule has 5 heteroatoms. The van der Waals surface area contributed by atoms with Gasteiger partial charge in [0.05, 0.1) is 12.8 Å². The van der Waals surface area contributed by atoms with Crippen molar-refractivity contribution >= 4 is 38.9 Å². The largest absolute Gasteiger partial charge is 0.465 e. The summed E-state index contributed by atoms with van der Waals surface area (Å²) < 4.78 is 4.55. The average Bonchev–Trinajstić information content (AvgIpc) is 2.45. The number of nitrogen functional groups attached to an aromatic ring is 1. The fraction of sp³-hybridized carbons (Fsp3) is 0.286. The number of anilines is 1. The highest BCUT2D eigenvalue weighted by Gasteiger charge is 2.13. The lowest BCUT2D eigenvalue weighted by molar-refractivity contribution is 0.0607. The van der Waals surface area contributed by atoms with E-state index in [1.165, 1.54) is 18.4 Å². The summed E-state index contributed by atoms with van der Waals surface area (Å²) in [4.78, 5) is 12.6. The van der Waals surface area contributed by atoms with Crippen molar-refractivity contribution in [3.8, 4) is 0 Å². The number of esters is 1. The van der Waals surface area contributed by atoms with Crippen molar-refractivity contribution in [1.29, 1.82) is 0 Å². The van der Waals surface area contributed by atoms with Crippen molar-refractivity contribution < 1.29 is 9.53 Å². The van der Waals surface area contributed by atoms with Gasteiger partial charge in [0, 0.05) is 10.2 Å². The van der Waals surface area contributed by atoms with Gasteiger partial charge in [0.2, 0.25) is 0 Å². The fourth-order valence-electron chi connectivity index (χ4n) is 0.777. The second-order valence-corrected chi connectivity index (χ2v) is 3.82. The number of hydrogen-bond acceptors (Lipinski definition) is 4. The Labute approximate surface area is 82.6 Å². The molecule has 0 unspecified atom stereocenters. The molecule has 2 N–H and O–H groups in total. The summed E-state index contributed by atoms with van der Waals surface area (Å²) in [5, 5.41) is 0.707. The van der Waals surface area contributed by atoms with Crippen LogP contribution in [0.1, 0.15) is 14.5 Å². The van der Waals surface area contributed by atoms with E-state index in [1.807, 2.05) is 0 Å². The van der Waals surface area contributed by atoms with Crippen LogP contribution in [0, 0.1) is 0 Å². The molecule has 66 valence electrons. The van der Waals surface area contributed by atoms with Gasteiger partial charge >= 0.3 is 5.97 Å². The van der Waals surface area contributed by atoms with Crippen molar-refractivity contribution in [3.05, 3.63) is 15.8 Å². The van der Waals surface area contributed by atoms with Crippen LogP contribution in [0.2, 0.25) is 0 Å². The Morgan fingerprint density at radius 1 is 1.83 bits per heavy atom. The molecule has 1 heterocycles. The average molecular weight is 250 g/mol. The molecular weight excluding hydrogens is 242 g/mol. The molecule has 1 rings (SSSR count). The minimum absolute atomic E-state index is 0.371. The number of rotatable bonds is 2. The van der Waals surface area contributed by atoms with Crippen LogP contribution in [0.15, 0.2) is 6.07 Å². The molecule has 0 fully saturated rings. The second kappa shape index (κ2) is 3.91. The van der Waals surface area contributed by atoms with E-state index in [9.17, 15) is 4.79 Å². The van der Waals surface area contributed by atoms with Gasteiger partial charge in [-0.15, -0.1) is 11.3 Å². The van der Waals surface area contributed by atoms with Gasteiger partial charge in [0.1, 0.15) is 4.88 Å². The van der Waals surface area contributed by atoms with E-state index in [0.717, 1.165) is 4.88 Å². The molecule has 0 spiro atoms. The highest BCUT2D eigenvalue weighted by atomic mass is 79.9. The Kier molecular flexibility index (Phi) is 3.11. The van der Waals surface area contributed by atoms with E-state index in [0.29, 0.717) is 15.9 Å². The summed E-state index contributed by atoms with van der Waals surface area (Å²) in [5.74, 6) is -0.371. The quantitative estimate of drug-likeness (QED) is 0.645. The third-order valence-corrected chi connectivity index (χ3v) is 3.42. The van der Waals surface area contributed by atoms with E-state index in [-0.39, 0.29) is 5.97 Å². The number of halogens is 1. The summed E-state index contributed by atoms with van der Waals surface area (Å²) in [6.07, 6.45) is 0. The van der Waals surface area contributed by atoms with Crippen LogP contribution in [0.5, 0.6) is 0 Å². The highest BCUT2D eigenvalue weighted by molar-refractivity contribution is 9.08. The summed E-state index contributed by atoms with van der Waals surface area (Å²) in [6, 6.07) is 1.77. The normalized spacial score (nSPS) is 9.83. The van der Waals surface area contributed by atoms with Gasteiger partial charge in [0.15, 0.2) is 0 Å². The summed E-state index contributed by atoms with van der Waals surface area (Å²) in [7, 11) is 1.34. The SMILES string of the molecule is COC(=O)c1sc(CBr)cc1N. The molecule has 1 aromatic heterocycles. The Bertz CT molecular complexity index is 298. The first kappa shape index (κ1) is 9.54. The molecule has 12 heavy (non-hydrogen) atoms. The lowest BCUT2D eigenvalue weighted by Crippen LogP contribution is -2.00. The molecular formula is C7H8BrNO2S. The highest BCUT2D eigenvalue weighted by Crippen LogP contribution is 2.26. The first-order valence-corrected chi connectivity index (χ1v) is 5.15. The first-order valence-electron chi connectivity index (χ1n) is 3.21. The molecule has 1 aromatic rings. The molecule has 0 atom stereocenters. The second-order valence-electron chi connectivity index (χ2n) is 2.12. The number of nitrogens with two attached hydrogens (primary N) is 1. The lowest BCUT2D eigenvalue weighted by Gasteiger charge is -1.94. The third-order valence-electron chi connectivity index (χ3n) is 1.31. The fourth-order valence-corrected chi connectivity index (χ4v) is 2.13. The Morgan fingerprint density at radius 3 is 2.92 bits per heavy atom. The van der Waals surface area contributed by atoms with E-state index >= 15 is 0 Å². The van der Waals surface area contributed by atoms with Crippen molar-refractivity contribution in [2.75, 3.05) is 12.8 Å². The molecule has 0 bridgehead atoms. The Balaban J connectivity index is 2.99. The molecule has 0 aliphatic carbocycles. The van der Waals surface area contributed by atoms with Crippen LogP contribution in [0.4, 0.5) is 5.69 Å². The van der Waals surface area contributed by atoms with Crippen molar-refractivity contribution in [2.24, 2.45) is 0 Å². The predicted molar refractivity (Wildman–Crippen MR) is 52.7 cm³/mol. The number of carbonyl (C=O) groups is 1. The number of hydrogen-bond donors (Lipinski definition) is 1. The predicted octanol–water partition coefficient (Wildman–Crippen LogP) is 2.01. The van der Waals surface area contributed by atoms with Crippen molar-refractivity contribution in [3.63, 3.8) is 0 Å². The summed E-state index contributed by atoms with van der Waals surface area (Å²) in [6.45, 7) is 0. The summed E-state index contributed by atoms with van der Waals surface area (Å²) >= 11 is 4.62. The standard InChI is InChI=1S/C7H8BrNO2S/c1-11-7(10)6-5(9)2-4(3-8)12-6/h2H,3,9H2,1H3. The molecule has 0 aliphatic heterocycles. The maximum Gasteiger partial charge on any atom is 0.350 e. The maximum atomic E-state index is 11.1. The maximum absolute atomic E-state index is 11.1. The van der Waals surface area contributed by atoms with Gasteiger partial charge in [-0.25, -0.2) is 4.79 Å².